The fourth-order valence-electron chi connectivity index (χ4n) is 1.88. The third-order valence-electron chi connectivity index (χ3n) is 3.02. The first kappa shape index (κ1) is 21.0. The van der Waals surface area contributed by atoms with Gasteiger partial charge in [0.05, 0.1) is 26.3 Å². The van der Waals surface area contributed by atoms with E-state index in [1.165, 1.54) is 18.2 Å². The van der Waals surface area contributed by atoms with Gasteiger partial charge in [0, 0.05) is 5.02 Å². The van der Waals surface area contributed by atoms with Gasteiger partial charge in [-0.2, -0.15) is 0 Å². The van der Waals surface area contributed by atoms with Crippen LogP contribution < -0.4 is 10.6 Å². The molecule has 134 valence electrons. The topological polar surface area (TPSA) is 41.1 Å². The van der Waals surface area contributed by atoms with Crippen LogP contribution in [0.25, 0.3) is 0 Å². The number of amides is 1. The van der Waals surface area contributed by atoms with Gasteiger partial charge in [0.1, 0.15) is 6.17 Å². The smallest absolute Gasteiger partial charge is 0.254 e. The number of alkyl halides is 3. The monoisotopic (exact) mass is 478 g/mol. The molecule has 0 aliphatic rings. The Morgan fingerprint density at radius 1 is 0.920 bits per heavy atom. The van der Waals surface area contributed by atoms with Crippen LogP contribution in [0.5, 0.6) is 0 Å². The first-order chi connectivity index (χ1) is 11.6. The second-order valence-corrected chi connectivity index (χ2v) is 8.84. The highest BCUT2D eigenvalue weighted by atomic mass is 35.6. The molecular weight excluding hydrogens is 472 g/mol. The van der Waals surface area contributed by atoms with E-state index < -0.39 is 15.9 Å². The van der Waals surface area contributed by atoms with Crippen LogP contribution in [0.1, 0.15) is 10.4 Å². The number of carbonyl (C=O) groups excluding carboxylic acids is 1. The van der Waals surface area contributed by atoms with Crippen molar-refractivity contribution in [1.82, 2.24) is 5.32 Å². The van der Waals surface area contributed by atoms with Gasteiger partial charge in [-0.25, -0.2) is 0 Å². The van der Waals surface area contributed by atoms with Crippen LogP contribution in [-0.2, 0) is 0 Å². The molecule has 2 aromatic rings. The number of rotatable bonds is 4. The summed E-state index contributed by atoms with van der Waals surface area (Å²) in [6.45, 7) is 0. The zero-order chi connectivity index (χ0) is 18.8. The molecular formula is C15H9Cl7N2O. The van der Waals surface area contributed by atoms with Crippen molar-refractivity contribution in [3.05, 3.63) is 62.1 Å². The van der Waals surface area contributed by atoms with Gasteiger partial charge in [-0.1, -0.05) is 93.3 Å². The van der Waals surface area contributed by atoms with Crippen molar-refractivity contribution in [2.45, 2.75) is 9.96 Å². The average Bonchev–Trinajstić information content (AvgIpc) is 2.48. The molecule has 0 fully saturated rings. The molecule has 25 heavy (non-hydrogen) atoms. The molecule has 0 unspecified atom stereocenters. The molecule has 10 heteroatoms. The molecule has 0 aliphatic heterocycles. The van der Waals surface area contributed by atoms with Crippen LogP contribution in [0, 0.1) is 0 Å². The third-order valence-corrected chi connectivity index (χ3v) is 4.82. The first-order valence-corrected chi connectivity index (χ1v) is 9.27. The number of hydrogen-bond acceptors (Lipinski definition) is 2. The van der Waals surface area contributed by atoms with Crippen LogP contribution in [0.4, 0.5) is 5.69 Å². The zero-order valence-corrected chi connectivity index (χ0v) is 17.4. The van der Waals surface area contributed by atoms with Crippen LogP contribution in [0.3, 0.4) is 0 Å². The van der Waals surface area contributed by atoms with E-state index >= 15 is 0 Å². The van der Waals surface area contributed by atoms with Gasteiger partial charge in [0.15, 0.2) is 0 Å². The summed E-state index contributed by atoms with van der Waals surface area (Å²) in [4.78, 5) is 12.4. The molecule has 0 aromatic heterocycles. The summed E-state index contributed by atoms with van der Waals surface area (Å²) in [5.74, 6) is -0.546. The lowest BCUT2D eigenvalue weighted by atomic mass is 10.2. The van der Waals surface area contributed by atoms with Crippen LogP contribution >= 0.6 is 81.2 Å². The van der Waals surface area contributed by atoms with Gasteiger partial charge < -0.3 is 10.6 Å². The molecule has 2 N–H and O–H groups in total. The molecule has 3 nitrogen and oxygen atoms in total. The Balaban J connectivity index is 2.30. The maximum atomic E-state index is 12.4. The van der Waals surface area contributed by atoms with Gasteiger partial charge in [-0.3, -0.25) is 4.79 Å². The van der Waals surface area contributed by atoms with Crippen LogP contribution in [0.2, 0.25) is 20.1 Å². The Bertz CT molecular complexity index is 769. The maximum absolute atomic E-state index is 12.4. The summed E-state index contributed by atoms with van der Waals surface area (Å²) < 4.78 is -1.91. The van der Waals surface area contributed by atoms with Crippen molar-refractivity contribution in [2.75, 3.05) is 5.32 Å². The van der Waals surface area contributed by atoms with Crippen molar-refractivity contribution in [3.8, 4) is 0 Å². The summed E-state index contributed by atoms with van der Waals surface area (Å²) in [6.07, 6.45) is -1.16. The Labute approximate surface area is 179 Å². The fraction of sp³-hybridized carbons (Fsp3) is 0.133. The molecule has 0 heterocycles. The highest BCUT2D eigenvalue weighted by Gasteiger charge is 2.35. The number of benzene rings is 2. The second kappa shape index (κ2) is 8.62. The summed E-state index contributed by atoms with van der Waals surface area (Å²) in [5, 5.41) is 6.35. The minimum absolute atomic E-state index is 0.198. The average molecular weight is 481 g/mol. The number of halogens is 7. The van der Waals surface area contributed by atoms with Crippen molar-refractivity contribution >= 4 is 92.8 Å². The Morgan fingerprint density at radius 3 is 2.00 bits per heavy atom. The van der Waals surface area contributed by atoms with Gasteiger partial charge in [0.2, 0.25) is 3.79 Å². The van der Waals surface area contributed by atoms with Crippen LogP contribution in [0.15, 0.2) is 36.4 Å². The van der Waals surface area contributed by atoms with E-state index in [9.17, 15) is 4.79 Å². The molecule has 0 spiro atoms. The van der Waals surface area contributed by atoms with Crippen molar-refractivity contribution in [2.24, 2.45) is 0 Å². The second-order valence-electron chi connectivity index (χ2n) is 4.82. The van der Waals surface area contributed by atoms with E-state index in [1.54, 1.807) is 18.2 Å². The number of anilines is 1. The van der Waals surface area contributed by atoms with Gasteiger partial charge in [0.25, 0.3) is 5.91 Å². The van der Waals surface area contributed by atoms with Crippen molar-refractivity contribution in [3.63, 3.8) is 0 Å². The van der Waals surface area contributed by atoms with E-state index in [4.69, 9.17) is 81.2 Å². The van der Waals surface area contributed by atoms with E-state index in [2.05, 4.69) is 10.6 Å². The summed E-state index contributed by atoms with van der Waals surface area (Å²) in [7, 11) is 0. The lowest BCUT2D eigenvalue weighted by Crippen LogP contribution is -2.49. The molecule has 2 aromatic carbocycles. The van der Waals surface area contributed by atoms with Gasteiger partial charge in [-0.05, 0) is 24.3 Å². The Morgan fingerprint density at radius 2 is 1.48 bits per heavy atom. The lowest BCUT2D eigenvalue weighted by Gasteiger charge is -2.28. The predicted octanol–water partition coefficient (Wildman–Crippen LogP) is 6.84. The maximum Gasteiger partial charge on any atom is 0.254 e. The van der Waals surface area contributed by atoms with E-state index in [0.717, 1.165) is 0 Å². The highest BCUT2D eigenvalue weighted by Crippen LogP contribution is 2.37. The highest BCUT2D eigenvalue weighted by molar-refractivity contribution is 6.68. The SMILES string of the molecule is O=C(N[C@@H](Nc1c(Cl)cc(Cl)cc1Cl)C(Cl)(Cl)Cl)c1ccccc1Cl. The Hall–Kier alpha value is -0.260. The molecule has 1 atom stereocenters. The summed E-state index contributed by atoms with van der Waals surface area (Å²) in [6, 6.07) is 9.38. The molecule has 0 saturated carbocycles. The van der Waals surface area contributed by atoms with E-state index in [-0.39, 0.29) is 26.3 Å². The quantitative estimate of drug-likeness (QED) is 0.371. The molecule has 1 amide bonds. The molecule has 2 rings (SSSR count). The number of hydrogen-bond donors (Lipinski definition) is 2. The van der Waals surface area contributed by atoms with E-state index in [0.29, 0.717) is 5.02 Å². The van der Waals surface area contributed by atoms with Crippen LogP contribution in [-0.4, -0.2) is 15.9 Å². The normalized spacial score (nSPS) is 12.6. The fourth-order valence-corrected chi connectivity index (χ4v) is 3.35. The Kier molecular flexibility index (Phi) is 7.26. The molecule has 0 aliphatic carbocycles. The molecule has 0 bridgehead atoms. The van der Waals surface area contributed by atoms with Crippen molar-refractivity contribution < 1.29 is 4.79 Å². The largest absolute Gasteiger partial charge is 0.359 e. The minimum Gasteiger partial charge on any atom is -0.359 e. The summed E-state index contributed by atoms with van der Waals surface area (Å²) >= 11 is 42.0. The number of carbonyl (C=O) groups is 1. The molecule has 0 saturated heterocycles. The van der Waals surface area contributed by atoms with Gasteiger partial charge in [-0.15, -0.1) is 0 Å². The zero-order valence-electron chi connectivity index (χ0n) is 12.1. The molecule has 0 radical (unpaired) electrons. The number of nitrogens with one attached hydrogen (secondary N) is 2. The first-order valence-electron chi connectivity index (χ1n) is 6.63. The standard InChI is InChI=1S/C15H9Cl7N2O/c16-7-5-10(18)12(11(19)6-7)23-14(15(20,21)22)24-13(25)8-3-1-2-4-9(8)17/h1-6,14,23H,(H,24,25)/t14-/m1/s1. The predicted molar refractivity (Wildman–Crippen MR) is 108 cm³/mol. The minimum atomic E-state index is -1.91. The van der Waals surface area contributed by atoms with Crippen molar-refractivity contribution in [1.29, 1.82) is 0 Å². The lowest BCUT2D eigenvalue weighted by molar-refractivity contribution is 0.0942. The van der Waals surface area contributed by atoms with Gasteiger partial charge >= 0.3 is 0 Å². The van der Waals surface area contributed by atoms with E-state index in [1.807, 2.05) is 0 Å². The third kappa shape index (κ3) is 5.61. The summed E-state index contributed by atoms with van der Waals surface area (Å²) in [5.41, 5.74) is 0.474.